The zero-order valence-corrected chi connectivity index (χ0v) is 35.6. The van der Waals surface area contributed by atoms with Crippen LogP contribution in [0.1, 0.15) is 111 Å². The van der Waals surface area contributed by atoms with Gasteiger partial charge in [0.15, 0.2) is 5.96 Å². The predicted octanol–water partition coefficient (Wildman–Crippen LogP) is -2.80. The van der Waals surface area contributed by atoms with Crippen molar-refractivity contribution in [3.63, 3.8) is 0 Å². The third kappa shape index (κ3) is 17.7. The van der Waals surface area contributed by atoms with Crippen LogP contribution in [-0.2, 0) is 38.4 Å². The molecule has 0 aromatic heterocycles. The minimum Gasteiger partial charge on any atom is -0.394 e. The van der Waals surface area contributed by atoms with Crippen molar-refractivity contribution in [3.8, 4) is 0 Å². The number of primary amides is 2. The largest absolute Gasteiger partial charge is 0.394 e. The lowest BCUT2D eigenvalue weighted by molar-refractivity contribution is -0.142. The summed E-state index contributed by atoms with van der Waals surface area (Å²) in [5.74, 6) is -6.27. The summed E-state index contributed by atoms with van der Waals surface area (Å²) >= 11 is 0. The van der Waals surface area contributed by atoms with E-state index in [1.54, 1.807) is 0 Å². The van der Waals surface area contributed by atoms with Crippen molar-refractivity contribution in [2.24, 2.45) is 51.4 Å². The minimum absolute atomic E-state index is 0.0398. The summed E-state index contributed by atoms with van der Waals surface area (Å²) in [6.07, 6.45) is 5.73. The van der Waals surface area contributed by atoms with Crippen LogP contribution in [-0.4, -0.2) is 125 Å². The lowest BCUT2D eigenvalue weighted by atomic mass is 9.84. The molecule has 1 aliphatic heterocycles. The Hall–Kier alpha value is -5.05. The van der Waals surface area contributed by atoms with E-state index in [0.29, 0.717) is 19.3 Å². The molecule has 340 valence electrons. The number of nitrogens with two attached hydrogens (primary N) is 5. The number of aliphatic hydroxyl groups excluding tert-OH is 1. The molecule has 0 unspecified atom stereocenters. The normalized spacial score (nSPS) is 18.6. The first-order valence-electron chi connectivity index (χ1n) is 21.1. The maximum Gasteiger partial charge on any atom is 0.246 e. The van der Waals surface area contributed by atoms with Crippen molar-refractivity contribution < 1.29 is 43.5 Å². The summed E-state index contributed by atoms with van der Waals surface area (Å²) in [6.45, 7) is 6.98. The highest BCUT2D eigenvalue weighted by atomic mass is 16.3. The lowest BCUT2D eigenvalue weighted by Gasteiger charge is -2.30. The molecule has 0 aromatic carbocycles. The molecular weight excluding hydrogens is 781 g/mol. The molecule has 21 heteroatoms. The van der Waals surface area contributed by atoms with Gasteiger partial charge in [-0.2, -0.15) is 0 Å². The summed E-state index contributed by atoms with van der Waals surface area (Å²) < 4.78 is 0. The van der Waals surface area contributed by atoms with Crippen LogP contribution in [0.2, 0.25) is 0 Å². The van der Waals surface area contributed by atoms with Crippen molar-refractivity contribution in [1.29, 1.82) is 0 Å². The van der Waals surface area contributed by atoms with E-state index in [0.717, 1.165) is 32.1 Å². The first kappa shape index (κ1) is 51.1. The molecule has 60 heavy (non-hydrogen) atoms. The van der Waals surface area contributed by atoms with Crippen LogP contribution in [0.4, 0.5) is 0 Å². The van der Waals surface area contributed by atoms with Gasteiger partial charge in [-0.3, -0.25) is 43.3 Å². The molecule has 1 aliphatic carbocycles. The monoisotopic (exact) mass is 851 g/mol. The molecule has 0 radical (unpaired) electrons. The predicted molar refractivity (Wildman–Crippen MR) is 222 cm³/mol. The highest BCUT2D eigenvalue weighted by Crippen LogP contribution is 2.27. The first-order chi connectivity index (χ1) is 28.2. The second-order valence-electron chi connectivity index (χ2n) is 16.8. The molecule has 16 N–H and O–H groups in total. The Morgan fingerprint density at radius 1 is 0.667 bits per heavy atom. The summed E-state index contributed by atoms with van der Waals surface area (Å²) in [5, 5.41) is 22.8. The van der Waals surface area contributed by atoms with Gasteiger partial charge in [0.1, 0.15) is 42.3 Å². The molecule has 2 rings (SSSR count). The number of aliphatic hydroxyl groups is 1. The quantitative estimate of drug-likeness (QED) is 0.0252. The molecule has 0 bridgehead atoms. The minimum atomic E-state index is -1.48. The second kappa shape index (κ2) is 25.5. The third-order valence-corrected chi connectivity index (χ3v) is 10.6. The van der Waals surface area contributed by atoms with Crippen LogP contribution in [0.3, 0.4) is 0 Å². The van der Waals surface area contributed by atoms with Gasteiger partial charge >= 0.3 is 0 Å². The Morgan fingerprint density at radius 3 is 1.67 bits per heavy atom. The van der Waals surface area contributed by atoms with E-state index in [9.17, 15) is 43.5 Å². The van der Waals surface area contributed by atoms with Gasteiger partial charge in [-0.05, 0) is 62.7 Å². The van der Waals surface area contributed by atoms with Crippen LogP contribution in [0.15, 0.2) is 4.99 Å². The van der Waals surface area contributed by atoms with Crippen molar-refractivity contribution in [3.05, 3.63) is 0 Å². The molecule has 2 fully saturated rings. The summed E-state index contributed by atoms with van der Waals surface area (Å²) in [4.78, 5) is 111. The van der Waals surface area contributed by atoms with Crippen LogP contribution in [0.25, 0.3) is 0 Å². The van der Waals surface area contributed by atoms with E-state index in [1.807, 2.05) is 27.7 Å². The van der Waals surface area contributed by atoms with E-state index in [1.165, 1.54) is 4.90 Å². The fourth-order valence-corrected chi connectivity index (χ4v) is 7.54. The summed E-state index contributed by atoms with van der Waals surface area (Å²) in [5.41, 5.74) is 27.6. The molecule has 8 amide bonds. The van der Waals surface area contributed by atoms with E-state index >= 15 is 0 Å². The van der Waals surface area contributed by atoms with Crippen molar-refractivity contribution in [2.75, 3.05) is 19.7 Å². The molecule has 0 spiro atoms. The number of carbonyl (C=O) groups excluding carboxylic acids is 8. The van der Waals surface area contributed by atoms with Gasteiger partial charge in [0, 0.05) is 13.1 Å². The van der Waals surface area contributed by atoms with E-state index in [2.05, 4.69) is 31.6 Å². The Morgan fingerprint density at radius 2 is 1.17 bits per heavy atom. The number of carbonyl (C=O) groups is 8. The smallest absolute Gasteiger partial charge is 0.246 e. The summed E-state index contributed by atoms with van der Waals surface area (Å²) in [6, 6.07) is -8.37. The van der Waals surface area contributed by atoms with Crippen molar-refractivity contribution >= 4 is 53.2 Å². The second-order valence-corrected chi connectivity index (χ2v) is 16.8. The first-order valence-corrected chi connectivity index (χ1v) is 21.1. The topological polar surface area (TPSA) is 363 Å². The average Bonchev–Trinajstić information content (AvgIpc) is 3.67. The lowest BCUT2D eigenvalue weighted by Crippen LogP contribution is -2.60. The van der Waals surface area contributed by atoms with Gasteiger partial charge in [-0.25, -0.2) is 0 Å². The molecular formula is C39H70N12O9. The maximum absolute atomic E-state index is 14.1. The number of likely N-dealkylation sites (tertiary alicyclic amines) is 1. The number of nitrogens with one attached hydrogen (secondary N) is 5. The molecule has 2 aliphatic rings. The van der Waals surface area contributed by atoms with Gasteiger partial charge in [0.25, 0.3) is 0 Å². The van der Waals surface area contributed by atoms with Gasteiger partial charge < -0.3 is 65.3 Å². The van der Waals surface area contributed by atoms with Crippen LogP contribution < -0.4 is 55.3 Å². The zero-order chi connectivity index (χ0) is 45.1. The Balaban J connectivity index is 2.37. The Kier molecular flexibility index (Phi) is 21.8. The molecule has 7 atom stereocenters. The number of hydrogen-bond donors (Lipinski definition) is 11. The highest BCUT2D eigenvalue weighted by Gasteiger charge is 2.39. The third-order valence-electron chi connectivity index (χ3n) is 10.6. The van der Waals surface area contributed by atoms with E-state index in [-0.39, 0.29) is 62.5 Å². The van der Waals surface area contributed by atoms with Crippen molar-refractivity contribution in [2.45, 2.75) is 153 Å². The molecule has 0 aromatic rings. The average molecular weight is 851 g/mol. The SMILES string of the molecule is CC(C)C[C@H](NC(=O)[C@H](CC(C)C)NC(=O)[C@H](CC1CCCCC1)NC(=O)[C@@H](N)CO)C(=O)N[C@@H](CCCN=C(N)N)C(=O)N[C@@H](CC(N)=O)C(=O)N1CCC[C@H]1C(N)=O. The molecule has 21 nitrogen and oxygen atoms in total. The van der Waals surface area contributed by atoms with Gasteiger partial charge in [-0.1, -0.05) is 59.8 Å². The number of hydrogen-bond acceptors (Lipinski definition) is 11. The number of guanidine groups is 1. The fourth-order valence-electron chi connectivity index (χ4n) is 7.54. The number of amides is 8. The number of rotatable bonds is 25. The highest BCUT2D eigenvalue weighted by molar-refractivity contribution is 5.98. The molecule has 1 saturated heterocycles. The summed E-state index contributed by atoms with van der Waals surface area (Å²) in [7, 11) is 0. The Bertz CT molecular complexity index is 1520. The zero-order valence-electron chi connectivity index (χ0n) is 35.6. The van der Waals surface area contributed by atoms with E-state index in [4.69, 9.17) is 28.7 Å². The molecule has 1 saturated carbocycles. The van der Waals surface area contributed by atoms with Crippen LogP contribution in [0.5, 0.6) is 0 Å². The van der Waals surface area contributed by atoms with Crippen LogP contribution in [0, 0.1) is 17.8 Å². The fraction of sp³-hybridized carbons (Fsp3) is 0.769. The van der Waals surface area contributed by atoms with Crippen molar-refractivity contribution in [1.82, 2.24) is 31.5 Å². The van der Waals surface area contributed by atoms with Gasteiger partial charge in [-0.15, -0.1) is 0 Å². The van der Waals surface area contributed by atoms with Gasteiger partial charge in [0.05, 0.1) is 13.0 Å². The van der Waals surface area contributed by atoms with E-state index < -0.39 is 103 Å². The Labute approximate surface area is 352 Å². The van der Waals surface area contributed by atoms with Gasteiger partial charge in [0.2, 0.25) is 47.3 Å². The number of aliphatic imine (C=N–C) groups is 1. The number of nitrogens with zero attached hydrogens (tertiary/aromatic N) is 2. The standard InChI is InChI=1S/C39H70N12O9/c1-21(2)16-26(48-36(58)27(17-22(3)4)49-37(59)28(47-33(55)24(40)20-52)18-23-10-6-5-7-11-23)35(57)46-25(12-8-14-45-39(43)44)34(56)50-29(19-31(41)53)38(60)51-15-9-13-30(51)32(42)54/h21-30,52H,5-20,40H2,1-4H3,(H2,41,53)(H2,42,54)(H,46,57)(H,47,55)(H,48,58)(H,49,59)(H,50,56)(H4,43,44,45)/t24-,25-,26-,27-,28-,29-,30-/m0/s1. The van der Waals surface area contributed by atoms with Crippen LogP contribution >= 0.6 is 0 Å². The maximum atomic E-state index is 14.1. The molecule has 1 heterocycles.